The Morgan fingerprint density at radius 3 is 2.60 bits per heavy atom. The molecule has 15 heavy (non-hydrogen) atoms. The minimum atomic E-state index is -0.514. The number of rotatable bonds is 2. The molecule has 0 saturated heterocycles. The summed E-state index contributed by atoms with van der Waals surface area (Å²) in [6.45, 7) is 0. The molecule has 1 atom stereocenters. The number of nitriles is 1. The van der Waals surface area contributed by atoms with Crippen molar-refractivity contribution in [3.05, 3.63) is 27.2 Å². The molecule has 1 rings (SSSR count). The number of phenolic OH excluding ortho intramolecular Hbond substituents is 1. The number of halogens is 2. The quantitative estimate of drug-likeness (QED) is 0.910. The minimum Gasteiger partial charge on any atom is -0.506 e. The maximum absolute atomic E-state index is 9.79. The molecule has 0 bridgehead atoms. The Labute approximate surface area is 102 Å². The highest BCUT2D eigenvalue weighted by Crippen LogP contribution is 2.36. The van der Waals surface area contributed by atoms with Gasteiger partial charge in [-0.25, -0.2) is 0 Å². The van der Waals surface area contributed by atoms with E-state index >= 15 is 0 Å². The maximum atomic E-state index is 9.79. The molecule has 0 amide bonds. The van der Waals surface area contributed by atoms with E-state index in [9.17, 15) is 5.11 Å². The van der Waals surface area contributed by atoms with E-state index < -0.39 is 6.04 Å². The van der Waals surface area contributed by atoms with Gasteiger partial charge in [-0.2, -0.15) is 5.26 Å². The van der Waals surface area contributed by atoms with E-state index in [2.05, 4.69) is 22.0 Å². The molecule has 1 N–H and O–H groups in total. The summed E-state index contributed by atoms with van der Waals surface area (Å²) in [7, 11) is 3.53. The number of phenols is 1. The first-order valence-electron chi connectivity index (χ1n) is 4.21. The van der Waals surface area contributed by atoms with Crippen LogP contribution in [0.3, 0.4) is 0 Å². The fourth-order valence-corrected chi connectivity index (χ4v) is 2.09. The molecule has 0 heterocycles. The number of benzene rings is 1. The molecule has 0 saturated carbocycles. The highest BCUT2D eigenvalue weighted by atomic mass is 79.9. The van der Waals surface area contributed by atoms with Crippen LogP contribution >= 0.6 is 27.5 Å². The van der Waals surface area contributed by atoms with Crippen LogP contribution in [0, 0.1) is 11.3 Å². The van der Waals surface area contributed by atoms with Gasteiger partial charge in [0.1, 0.15) is 11.8 Å². The van der Waals surface area contributed by atoms with E-state index in [1.54, 1.807) is 31.1 Å². The van der Waals surface area contributed by atoms with Crippen molar-refractivity contribution in [2.24, 2.45) is 0 Å². The first-order valence-corrected chi connectivity index (χ1v) is 5.38. The molecule has 0 fully saturated rings. The topological polar surface area (TPSA) is 47.3 Å². The smallest absolute Gasteiger partial charge is 0.135 e. The normalized spacial score (nSPS) is 12.5. The second kappa shape index (κ2) is 4.84. The number of hydrogen-bond donors (Lipinski definition) is 1. The Balaban J connectivity index is 3.30. The summed E-state index contributed by atoms with van der Waals surface area (Å²) < 4.78 is 0.493. The van der Waals surface area contributed by atoms with Gasteiger partial charge in [-0.1, -0.05) is 11.6 Å². The molecular formula is C10H10BrClN2O. The predicted molar refractivity (Wildman–Crippen MR) is 62.9 cm³/mol. The SMILES string of the molecule is CN(C)C(C#N)c1cc(Cl)cc(Br)c1O. The molecule has 1 aromatic rings. The van der Waals surface area contributed by atoms with Crippen molar-refractivity contribution >= 4 is 27.5 Å². The molecule has 80 valence electrons. The lowest BCUT2D eigenvalue weighted by atomic mass is 10.1. The van der Waals surface area contributed by atoms with Crippen LogP contribution in [-0.2, 0) is 0 Å². The standard InChI is InChI=1S/C10H10BrClN2O/c1-14(2)9(5-13)7-3-6(12)4-8(11)10(7)15/h3-4,9,15H,1-2H3. The fraction of sp³-hybridized carbons (Fsp3) is 0.300. The number of aromatic hydroxyl groups is 1. The molecule has 0 aliphatic rings. The minimum absolute atomic E-state index is 0.0552. The Kier molecular flexibility index (Phi) is 3.97. The molecule has 0 aromatic heterocycles. The summed E-state index contributed by atoms with van der Waals surface area (Å²) in [5.41, 5.74) is 0.502. The molecule has 1 unspecified atom stereocenters. The summed E-state index contributed by atoms with van der Waals surface area (Å²) in [5, 5.41) is 19.3. The van der Waals surface area contributed by atoms with Gasteiger partial charge in [0.15, 0.2) is 0 Å². The molecule has 0 aliphatic carbocycles. The summed E-state index contributed by atoms with van der Waals surface area (Å²) in [5.74, 6) is 0.0552. The lowest BCUT2D eigenvalue weighted by Gasteiger charge is -2.19. The molecule has 5 heteroatoms. The van der Waals surface area contributed by atoms with Crippen molar-refractivity contribution in [3.8, 4) is 11.8 Å². The summed E-state index contributed by atoms with van der Waals surface area (Å²) >= 11 is 9.04. The van der Waals surface area contributed by atoms with E-state index in [4.69, 9.17) is 16.9 Å². The molecule has 0 aliphatic heterocycles. The fourth-order valence-electron chi connectivity index (χ4n) is 1.26. The van der Waals surface area contributed by atoms with Crippen LogP contribution in [0.2, 0.25) is 5.02 Å². The van der Waals surface area contributed by atoms with Crippen LogP contribution < -0.4 is 0 Å². The zero-order valence-electron chi connectivity index (χ0n) is 8.33. The van der Waals surface area contributed by atoms with Crippen molar-refractivity contribution in [2.75, 3.05) is 14.1 Å². The van der Waals surface area contributed by atoms with Gasteiger partial charge in [-0.05, 0) is 42.2 Å². The van der Waals surface area contributed by atoms with Crippen molar-refractivity contribution in [1.29, 1.82) is 5.26 Å². The third-order valence-corrected chi connectivity index (χ3v) is 2.81. The zero-order valence-corrected chi connectivity index (χ0v) is 10.7. The monoisotopic (exact) mass is 288 g/mol. The highest BCUT2D eigenvalue weighted by molar-refractivity contribution is 9.10. The first kappa shape index (κ1) is 12.3. The molecule has 1 aromatic carbocycles. The summed E-state index contributed by atoms with van der Waals surface area (Å²) in [6.07, 6.45) is 0. The predicted octanol–water partition coefficient (Wildman–Crippen LogP) is 2.93. The van der Waals surface area contributed by atoms with E-state index in [1.165, 1.54) is 0 Å². The van der Waals surface area contributed by atoms with E-state index in [-0.39, 0.29) is 5.75 Å². The molecule has 0 radical (unpaired) electrons. The lowest BCUT2D eigenvalue weighted by molar-refractivity contribution is 0.346. The van der Waals surface area contributed by atoms with Gasteiger partial charge in [0, 0.05) is 10.6 Å². The van der Waals surface area contributed by atoms with Crippen LogP contribution in [0.25, 0.3) is 0 Å². The average molecular weight is 290 g/mol. The van der Waals surface area contributed by atoms with Gasteiger partial charge >= 0.3 is 0 Å². The van der Waals surface area contributed by atoms with Gasteiger partial charge in [0.2, 0.25) is 0 Å². The van der Waals surface area contributed by atoms with Crippen molar-refractivity contribution in [3.63, 3.8) is 0 Å². The lowest BCUT2D eigenvalue weighted by Crippen LogP contribution is -2.18. The van der Waals surface area contributed by atoms with Crippen molar-refractivity contribution < 1.29 is 5.11 Å². The van der Waals surface area contributed by atoms with E-state index in [1.807, 2.05) is 0 Å². The third kappa shape index (κ3) is 2.63. The van der Waals surface area contributed by atoms with Crippen LogP contribution in [0.5, 0.6) is 5.75 Å². The second-order valence-electron chi connectivity index (χ2n) is 3.32. The van der Waals surface area contributed by atoms with Crippen LogP contribution in [0.4, 0.5) is 0 Å². The van der Waals surface area contributed by atoms with Gasteiger partial charge in [-0.3, -0.25) is 4.90 Å². The molecule has 3 nitrogen and oxygen atoms in total. The van der Waals surface area contributed by atoms with Crippen LogP contribution in [0.1, 0.15) is 11.6 Å². The van der Waals surface area contributed by atoms with Crippen molar-refractivity contribution in [2.45, 2.75) is 6.04 Å². The largest absolute Gasteiger partial charge is 0.506 e. The van der Waals surface area contributed by atoms with Gasteiger partial charge in [0.25, 0.3) is 0 Å². The highest BCUT2D eigenvalue weighted by Gasteiger charge is 2.19. The van der Waals surface area contributed by atoms with Gasteiger partial charge in [0.05, 0.1) is 10.5 Å². The van der Waals surface area contributed by atoms with Gasteiger partial charge in [-0.15, -0.1) is 0 Å². The first-order chi connectivity index (χ1) is 6.97. The van der Waals surface area contributed by atoms with E-state index in [0.29, 0.717) is 15.1 Å². The third-order valence-electron chi connectivity index (χ3n) is 1.99. The Morgan fingerprint density at radius 1 is 1.53 bits per heavy atom. The van der Waals surface area contributed by atoms with Crippen LogP contribution in [-0.4, -0.2) is 24.1 Å². The Bertz CT molecular complexity index is 415. The maximum Gasteiger partial charge on any atom is 0.135 e. The summed E-state index contributed by atoms with van der Waals surface area (Å²) in [6, 6.07) is 4.77. The van der Waals surface area contributed by atoms with Crippen molar-refractivity contribution in [1.82, 2.24) is 4.90 Å². The zero-order chi connectivity index (χ0) is 11.6. The Morgan fingerprint density at radius 2 is 2.13 bits per heavy atom. The summed E-state index contributed by atoms with van der Waals surface area (Å²) in [4.78, 5) is 1.71. The molecule has 0 spiro atoms. The number of hydrogen-bond acceptors (Lipinski definition) is 3. The van der Waals surface area contributed by atoms with Crippen LogP contribution in [0.15, 0.2) is 16.6 Å². The number of nitrogens with zero attached hydrogens (tertiary/aromatic N) is 2. The second-order valence-corrected chi connectivity index (χ2v) is 4.61. The average Bonchev–Trinajstić information content (AvgIpc) is 2.13. The van der Waals surface area contributed by atoms with E-state index in [0.717, 1.165) is 0 Å². The molecular weight excluding hydrogens is 279 g/mol. The van der Waals surface area contributed by atoms with Gasteiger partial charge < -0.3 is 5.11 Å². The Hall–Kier alpha value is -0.760.